The van der Waals surface area contributed by atoms with Crippen LogP contribution in [0.5, 0.6) is 5.88 Å². The van der Waals surface area contributed by atoms with Crippen molar-refractivity contribution in [1.29, 1.82) is 0 Å². The average Bonchev–Trinajstić information content (AvgIpc) is 2.19. The molecule has 0 bridgehead atoms. The maximum Gasteiger partial charge on any atom is 0.240 e. The van der Waals surface area contributed by atoms with Crippen LogP contribution < -0.4 is 4.74 Å². The van der Waals surface area contributed by atoms with E-state index in [4.69, 9.17) is 16.3 Å². The van der Waals surface area contributed by atoms with Gasteiger partial charge in [-0.1, -0.05) is 11.6 Å². The van der Waals surface area contributed by atoms with Crippen molar-refractivity contribution in [1.82, 2.24) is 9.97 Å². The van der Waals surface area contributed by atoms with Gasteiger partial charge in [0.05, 0.1) is 11.1 Å². The molecular formula is C11H11ClN2O. The molecule has 2 rings (SSSR count). The monoisotopic (exact) mass is 222 g/mol. The lowest BCUT2D eigenvalue weighted by atomic mass is 10.2. The summed E-state index contributed by atoms with van der Waals surface area (Å²) in [5, 5.41) is 1.53. The summed E-state index contributed by atoms with van der Waals surface area (Å²) in [4.78, 5) is 8.37. The molecule has 0 aliphatic rings. The van der Waals surface area contributed by atoms with E-state index in [0.717, 1.165) is 5.39 Å². The van der Waals surface area contributed by atoms with Gasteiger partial charge in [-0.25, -0.2) is 4.98 Å². The first kappa shape index (κ1) is 10.2. The van der Waals surface area contributed by atoms with Crippen LogP contribution in [0, 0.1) is 0 Å². The third kappa shape index (κ3) is 2.02. The molecule has 2 aromatic rings. The lowest BCUT2D eigenvalue weighted by Crippen LogP contribution is -2.07. The second kappa shape index (κ2) is 4.03. The van der Waals surface area contributed by atoms with Crippen molar-refractivity contribution in [2.45, 2.75) is 20.0 Å². The molecular weight excluding hydrogens is 212 g/mol. The zero-order valence-electron chi connectivity index (χ0n) is 8.57. The van der Waals surface area contributed by atoms with Gasteiger partial charge < -0.3 is 4.74 Å². The minimum absolute atomic E-state index is 0.0730. The molecule has 0 atom stereocenters. The van der Waals surface area contributed by atoms with Crippen LogP contribution in [-0.4, -0.2) is 16.1 Å². The smallest absolute Gasteiger partial charge is 0.240 e. The normalized spacial score (nSPS) is 10.9. The molecule has 0 saturated carbocycles. The van der Waals surface area contributed by atoms with Crippen molar-refractivity contribution in [2.75, 3.05) is 0 Å². The van der Waals surface area contributed by atoms with Crippen LogP contribution >= 0.6 is 11.6 Å². The highest BCUT2D eigenvalue weighted by Crippen LogP contribution is 2.26. The molecule has 4 heteroatoms. The summed E-state index contributed by atoms with van der Waals surface area (Å²) in [5.41, 5.74) is 0.707. The Morgan fingerprint density at radius 3 is 2.67 bits per heavy atom. The largest absolute Gasteiger partial charge is 0.473 e. The van der Waals surface area contributed by atoms with Crippen LogP contribution in [-0.2, 0) is 0 Å². The van der Waals surface area contributed by atoms with Crippen molar-refractivity contribution >= 4 is 22.5 Å². The van der Waals surface area contributed by atoms with Crippen LogP contribution in [0.3, 0.4) is 0 Å². The first-order valence-electron chi connectivity index (χ1n) is 4.74. The third-order valence-electron chi connectivity index (χ3n) is 1.92. The van der Waals surface area contributed by atoms with E-state index in [9.17, 15) is 0 Å². The maximum atomic E-state index is 6.04. The van der Waals surface area contributed by atoms with Crippen LogP contribution in [0.15, 0.2) is 24.5 Å². The van der Waals surface area contributed by atoms with Crippen molar-refractivity contribution in [3.63, 3.8) is 0 Å². The number of hydrogen-bond donors (Lipinski definition) is 0. The molecule has 0 amide bonds. The molecule has 0 aliphatic heterocycles. The molecule has 0 spiro atoms. The van der Waals surface area contributed by atoms with Crippen LogP contribution in [0.1, 0.15) is 13.8 Å². The standard InChI is InChI=1S/C11H11ClN2O/c1-7(2)15-11-10-8(3-5-14-11)9(12)4-6-13-10/h3-7H,1-2H3. The number of rotatable bonds is 2. The summed E-state index contributed by atoms with van der Waals surface area (Å²) in [6, 6.07) is 3.58. The Bertz CT molecular complexity index is 485. The van der Waals surface area contributed by atoms with E-state index in [1.165, 1.54) is 0 Å². The summed E-state index contributed by atoms with van der Waals surface area (Å²) < 4.78 is 5.55. The van der Waals surface area contributed by atoms with Gasteiger partial charge in [-0.2, -0.15) is 0 Å². The van der Waals surface area contributed by atoms with Crippen molar-refractivity contribution in [2.24, 2.45) is 0 Å². The van der Waals surface area contributed by atoms with Crippen molar-refractivity contribution in [3.8, 4) is 5.88 Å². The van der Waals surface area contributed by atoms with Gasteiger partial charge in [-0.3, -0.25) is 4.98 Å². The zero-order chi connectivity index (χ0) is 10.8. The number of ether oxygens (including phenoxy) is 1. The SMILES string of the molecule is CC(C)Oc1nccc2c(Cl)ccnc12. The predicted molar refractivity (Wildman–Crippen MR) is 60.3 cm³/mol. The molecule has 0 radical (unpaired) electrons. The predicted octanol–water partition coefficient (Wildman–Crippen LogP) is 3.07. The molecule has 0 unspecified atom stereocenters. The van der Waals surface area contributed by atoms with E-state index >= 15 is 0 Å². The van der Waals surface area contributed by atoms with Gasteiger partial charge >= 0.3 is 0 Å². The number of pyridine rings is 2. The van der Waals surface area contributed by atoms with E-state index < -0.39 is 0 Å². The van der Waals surface area contributed by atoms with Crippen LogP contribution in [0.25, 0.3) is 10.9 Å². The number of halogens is 1. The fourth-order valence-electron chi connectivity index (χ4n) is 1.33. The van der Waals surface area contributed by atoms with E-state index in [1.54, 1.807) is 18.5 Å². The molecule has 2 heterocycles. The zero-order valence-corrected chi connectivity index (χ0v) is 9.32. The Morgan fingerprint density at radius 1 is 1.20 bits per heavy atom. The lowest BCUT2D eigenvalue weighted by molar-refractivity contribution is 0.235. The molecule has 0 fully saturated rings. The van der Waals surface area contributed by atoms with Gasteiger partial charge in [-0.15, -0.1) is 0 Å². The highest BCUT2D eigenvalue weighted by Gasteiger charge is 2.08. The number of aromatic nitrogens is 2. The second-order valence-electron chi connectivity index (χ2n) is 3.47. The molecule has 2 aromatic heterocycles. The van der Waals surface area contributed by atoms with Gasteiger partial charge in [0.15, 0.2) is 0 Å². The molecule has 0 aromatic carbocycles. The van der Waals surface area contributed by atoms with Crippen LogP contribution in [0.2, 0.25) is 5.02 Å². The maximum absolute atomic E-state index is 6.04. The van der Waals surface area contributed by atoms with E-state index in [-0.39, 0.29) is 6.10 Å². The highest BCUT2D eigenvalue weighted by molar-refractivity contribution is 6.35. The fraction of sp³-hybridized carbons (Fsp3) is 0.273. The Balaban J connectivity index is 2.61. The van der Waals surface area contributed by atoms with Crippen molar-refractivity contribution in [3.05, 3.63) is 29.5 Å². The van der Waals surface area contributed by atoms with Gasteiger partial charge in [0.2, 0.25) is 5.88 Å². The fourth-order valence-corrected chi connectivity index (χ4v) is 1.54. The third-order valence-corrected chi connectivity index (χ3v) is 2.25. The minimum Gasteiger partial charge on any atom is -0.473 e. The molecule has 0 saturated heterocycles. The minimum atomic E-state index is 0.0730. The quantitative estimate of drug-likeness (QED) is 0.783. The average molecular weight is 223 g/mol. The number of hydrogen-bond acceptors (Lipinski definition) is 3. The second-order valence-corrected chi connectivity index (χ2v) is 3.88. The Kier molecular flexibility index (Phi) is 2.73. The summed E-state index contributed by atoms with van der Waals surface area (Å²) in [5.74, 6) is 0.532. The van der Waals surface area contributed by atoms with Gasteiger partial charge in [0, 0.05) is 17.8 Å². The number of nitrogens with zero attached hydrogens (tertiary/aromatic N) is 2. The van der Waals surface area contributed by atoms with Gasteiger partial charge in [-0.05, 0) is 26.0 Å². The molecule has 0 aliphatic carbocycles. The van der Waals surface area contributed by atoms with Crippen molar-refractivity contribution < 1.29 is 4.74 Å². The molecule has 0 N–H and O–H groups in total. The summed E-state index contributed by atoms with van der Waals surface area (Å²) in [7, 11) is 0. The van der Waals surface area contributed by atoms with Gasteiger partial charge in [0.1, 0.15) is 5.52 Å². The highest BCUT2D eigenvalue weighted by atomic mass is 35.5. The molecule has 3 nitrogen and oxygen atoms in total. The topological polar surface area (TPSA) is 35.0 Å². The summed E-state index contributed by atoms with van der Waals surface area (Å²) in [6.45, 7) is 3.90. The van der Waals surface area contributed by atoms with E-state index in [0.29, 0.717) is 16.4 Å². The Morgan fingerprint density at radius 2 is 1.93 bits per heavy atom. The summed E-state index contributed by atoms with van der Waals surface area (Å²) in [6.07, 6.45) is 3.40. The number of fused-ring (bicyclic) bond motifs is 1. The van der Waals surface area contributed by atoms with E-state index in [2.05, 4.69) is 9.97 Å². The first-order valence-corrected chi connectivity index (χ1v) is 5.12. The molecule has 78 valence electrons. The first-order chi connectivity index (χ1) is 7.18. The Labute approximate surface area is 93.1 Å². The summed E-state index contributed by atoms with van der Waals surface area (Å²) >= 11 is 6.04. The van der Waals surface area contributed by atoms with Crippen LogP contribution in [0.4, 0.5) is 0 Å². The van der Waals surface area contributed by atoms with Gasteiger partial charge in [0.25, 0.3) is 0 Å². The Hall–Kier alpha value is -1.35. The van der Waals surface area contributed by atoms with E-state index in [1.807, 2.05) is 19.9 Å². The molecule has 15 heavy (non-hydrogen) atoms. The lowest BCUT2D eigenvalue weighted by Gasteiger charge is -2.10.